The van der Waals surface area contributed by atoms with Gasteiger partial charge in [0.2, 0.25) is 5.91 Å². The maximum atomic E-state index is 12.3. The fraction of sp³-hybridized carbons (Fsp3) is 0.211. The van der Waals surface area contributed by atoms with Crippen LogP contribution in [-0.2, 0) is 9.53 Å². The number of thiazole rings is 1. The van der Waals surface area contributed by atoms with Gasteiger partial charge in [-0.05, 0) is 43.3 Å². The number of hydrogen-bond donors (Lipinski definition) is 1. The molecule has 26 heavy (non-hydrogen) atoms. The lowest BCUT2D eigenvalue weighted by molar-refractivity contribution is -0.114. The van der Waals surface area contributed by atoms with Gasteiger partial charge in [-0.2, -0.15) is 0 Å². The molecule has 7 heteroatoms. The van der Waals surface area contributed by atoms with Crippen LogP contribution in [0.5, 0.6) is 0 Å². The largest absolute Gasteiger partial charge is 0.462 e. The number of rotatable bonds is 6. The molecule has 0 atom stereocenters. The van der Waals surface area contributed by atoms with E-state index in [1.807, 2.05) is 36.2 Å². The topological polar surface area (TPSA) is 71.5 Å². The normalized spacial score (nSPS) is 10.5. The highest BCUT2D eigenvalue weighted by atomic mass is 32.1. The van der Waals surface area contributed by atoms with Crippen LogP contribution in [0.25, 0.3) is 10.2 Å². The number of nitrogens with one attached hydrogen (secondary N) is 1. The molecule has 0 fully saturated rings. The number of para-hydroxylation sites is 1. The number of fused-ring (bicyclic) bond motifs is 1. The Bertz CT molecular complexity index is 888. The summed E-state index contributed by atoms with van der Waals surface area (Å²) in [7, 11) is 1.83. The summed E-state index contributed by atoms with van der Waals surface area (Å²) in [6, 6.07) is 14.5. The summed E-state index contributed by atoms with van der Waals surface area (Å²) in [6.07, 6.45) is 0. The van der Waals surface area contributed by atoms with Crippen molar-refractivity contribution in [1.82, 2.24) is 4.98 Å². The Morgan fingerprint density at radius 3 is 2.58 bits per heavy atom. The molecule has 0 radical (unpaired) electrons. The number of hydrogen-bond acceptors (Lipinski definition) is 6. The molecule has 1 heterocycles. The van der Waals surface area contributed by atoms with Gasteiger partial charge in [-0.1, -0.05) is 23.5 Å². The number of likely N-dealkylation sites (N-methyl/N-ethyl adjacent to an activating group) is 1. The predicted octanol–water partition coefficient (Wildman–Crippen LogP) is 3.55. The summed E-state index contributed by atoms with van der Waals surface area (Å²) in [5.74, 6) is -0.531. The summed E-state index contributed by atoms with van der Waals surface area (Å²) in [5, 5.41) is 3.61. The molecule has 2 aromatic carbocycles. The number of esters is 1. The van der Waals surface area contributed by atoms with E-state index < -0.39 is 0 Å². The molecule has 1 amide bonds. The van der Waals surface area contributed by atoms with E-state index in [4.69, 9.17) is 4.74 Å². The number of aromatic nitrogens is 1. The minimum Gasteiger partial charge on any atom is -0.462 e. The minimum absolute atomic E-state index is 0.157. The molecule has 0 bridgehead atoms. The minimum atomic E-state index is -0.374. The smallest absolute Gasteiger partial charge is 0.338 e. The second kappa shape index (κ2) is 7.97. The molecule has 0 saturated heterocycles. The first-order chi connectivity index (χ1) is 12.6. The van der Waals surface area contributed by atoms with Crippen LogP contribution < -0.4 is 10.2 Å². The molecular formula is C19H19N3O3S. The number of amides is 1. The first-order valence-electron chi connectivity index (χ1n) is 8.20. The summed E-state index contributed by atoms with van der Waals surface area (Å²) >= 11 is 1.55. The van der Waals surface area contributed by atoms with E-state index in [9.17, 15) is 9.59 Å². The van der Waals surface area contributed by atoms with Gasteiger partial charge in [0, 0.05) is 12.7 Å². The monoisotopic (exact) mass is 369 g/mol. The van der Waals surface area contributed by atoms with E-state index in [0.29, 0.717) is 17.9 Å². The van der Waals surface area contributed by atoms with Gasteiger partial charge in [0.25, 0.3) is 0 Å². The lowest BCUT2D eigenvalue weighted by Crippen LogP contribution is -2.29. The summed E-state index contributed by atoms with van der Waals surface area (Å²) < 4.78 is 6.02. The lowest BCUT2D eigenvalue weighted by atomic mass is 10.2. The molecule has 0 aliphatic carbocycles. The average Bonchev–Trinajstić information content (AvgIpc) is 3.07. The third-order valence-corrected chi connectivity index (χ3v) is 4.82. The van der Waals surface area contributed by atoms with Crippen LogP contribution in [0.2, 0.25) is 0 Å². The van der Waals surface area contributed by atoms with Crippen molar-refractivity contribution >= 4 is 44.2 Å². The molecule has 3 rings (SSSR count). The number of benzene rings is 2. The van der Waals surface area contributed by atoms with Crippen molar-refractivity contribution in [3.8, 4) is 0 Å². The zero-order valence-corrected chi connectivity index (χ0v) is 15.4. The Morgan fingerprint density at radius 1 is 1.15 bits per heavy atom. The molecule has 0 unspecified atom stereocenters. The van der Waals surface area contributed by atoms with Crippen LogP contribution in [0.3, 0.4) is 0 Å². The molecule has 0 aliphatic rings. The van der Waals surface area contributed by atoms with E-state index >= 15 is 0 Å². The fourth-order valence-corrected chi connectivity index (χ4v) is 3.34. The first-order valence-corrected chi connectivity index (χ1v) is 9.02. The Balaban J connectivity index is 1.60. The van der Waals surface area contributed by atoms with Gasteiger partial charge < -0.3 is 15.0 Å². The third kappa shape index (κ3) is 4.18. The second-order valence-corrected chi connectivity index (χ2v) is 6.68. The Kier molecular flexibility index (Phi) is 5.48. The zero-order chi connectivity index (χ0) is 18.5. The molecule has 0 spiro atoms. The highest BCUT2D eigenvalue weighted by molar-refractivity contribution is 7.22. The van der Waals surface area contributed by atoms with E-state index in [1.54, 1.807) is 42.5 Å². The maximum absolute atomic E-state index is 12.3. The Labute approximate surface area is 155 Å². The number of anilines is 2. The Hall–Kier alpha value is -2.93. The van der Waals surface area contributed by atoms with Crippen LogP contribution >= 0.6 is 11.3 Å². The van der Waals surface area contributed by atoms with E-state index in [1.165, 1.54) is 0 Å². The van der Waals surface area contributed by atoms with E-state index in [2.05, 4.69) is 10.3 Å². The van der Waals surface area contributed by atoms with Crippen molar-refractivity contribution in [1.29, 1.82) is 0 Å². The van der Waals surface area contributed by atoms with Gasteiger partial charge in [-0.25, -0.2) is 9.78 Å². The van der Waals surface area contributed by atoms with Crippen molar-refractivity contribution in [2.45, 2.75) is 6.92 Å². The van der Waals surface area contributed by atoms with Gasteiger partial charge in [0.05, 0.1) is 28.9 Å². The molecule has 3 aromatic rings. The maximum Gasteiger partial charge on any atom is 0.338 e. The lowest BCUT2D eigenvalue weighted by Gasteiger charge is -2.15. The third-order valence-electron chi connectivity index (χ3n) is 3.67. The van der Waals surface area contributed by atoms with Crippen LogP contribution in [-0.4, -0.2) is 37.1 Å². The SMILES string of the molecule is CCOC(=O)c1ccc(NC(=O)CN(C)c2nc3ccccc3s2)cc1. The number of carbonyl (C=O) groups excluding carboxylic acids is 2. The van der Waals surface area contributed by atoms with E-state index in [-0.39, 0.29) is 18.4 Å². The van der Waals surface area contributed by atoms with Crippen LogP contribution in [0.4, 0.5) is 10.8 Å². The first kappa shape index (κ1) is 17.9. The highest BCUT2D eigenvalue weighted by Crippen LogP contribution is 2.27. The van der Waals surface area contributed by atoms with Crippen molar-refractivity contribution in [2.75, 3.05) is 30.4 Å². The van der Waals surface area contributed by atoms with Crippen LogP contribution in [0.15, 0.2) is 48.5 Å². The van der Waals surface area contributed by atoms with E-state index in [0.717, 1.165) is 15.3 Å². The second-order valence-electron chi connectivity index (χ2n) is 5.67. The van der Waals surface area contributed by atoms with Gasteiger partial charge in [0.15, 0.2) is 5.13 Å². The Morgan fingerprint density at radius 2 is 1.88 bits per heavy atom. The zero-order valence-electron chi connectivity index (χ0n) is 14.6. The number of ether oxygens (including phenoxy) is 1. The van der Waals surface area contributed by atoms with Crippen LogP contribution in [0, 0.1) is 0 Å². The molecule has 0 aliphatic heterocycles. The summed E-state index contributed by atoms with van der Waals surface area (Å²) in [4.78, 5) is 30.2. The van der Waals surface area contributed by atoms with Crippen molar-refractivity contribution in [3.05, 3.63) is 54.1 Å². The summed E-state index contributed by atoms with van der Waals surface area (Å²) in [6.45, 7) is 2.27. The standard InChI is InChI=1S/C19H19N3O3S/c1-3-25-18(24)13-8-10-14(11-9-13)20-17(23)12-22(2)19-21-15-6-4-5-7-16(15)26-19/h4-11H,3,12H2,1-2H3,(H,20,23). The fourth-order valence-electron chi connectivity index (χ4n) is 2.41. The predicted molar refractivity (Wildman–Crippen MR) is 104 cm³/mol. The highest BCUT2D eigenvalue weighted by Gasteiger charge is 2.12. The van der Waals surface area contributed by atoms with Gasteiger partial charge >= 0.3 is 5.97 Å². The van der Waals surface area contributed by atoms with Crippen molar-refractivity contribution < 1.29 is 14.3 Å². The molecular weight excluding hydrogens is 350 g/mol. The number of nitrogens with zero attached hydrogens (tertiary/aromatic N) is 2. The summed E-state index contributed by atoms with van der Waals surface area (Å²) in [5.41, 5.74) is 2.01. The van der Waals surface area contributed by atoms with Gasteiger partial charge in [0.1, 0.15) is 0 Å². The molecule has 0 saturated carbocycles. The number of carbonyl (C=O) groups is 2. The average molecular weight is 369 g/mol. The molecule has 134 valence electrons. The molecule has 6 nitrogen and oxygen atoms in total. The molecule has 1 aromatic heterocycles. The van der Waals surface area contributed by atoms with Crippen LogP contribution in [0.1, 0.15) is 17.3 Å². The van der Waals surface area contributed by atoms with Crippen molar-refractivity contribution in [3.63, 3.8) is 0 Å². The quantitative estimate of drug-likeness (QED) is 0.673. The van der Waals surface area contributed by atoms with Gasteiger partial charge in [-0.3, -0.25) is 4.79 Å². The van der Waals surface area contributed by atoms with Gasteiger partial charge in [-0.15, -0.1) is 0 Å². The van der Waals surface area contributed by atoms with Crippen molar-refractivity contribution in [2.24, 2.45) is 0 Å². The molecule has 1 N–H and O–H groups in total.